The first-order chi connectivity index (χ1) is 13.6. The highest BCUT2D eigenvalue weighted by molar-refractivity contribution is 5.14. The molecule has 1 aliphatic rings. The van der Waals surface area contributed by atoms with Crippen LogP contribution in [0.25, 0.3) is 0 Å². The van der Waals surface area contributed by atoms with Crippen molar-refractivity contribution >= 4 is 0 Å². The topological polar surface area (TPSA) is 77.4 Å². The number of aliphatic hydroxyl groups excluding tert-OH is 2. The van der Waals surface area contributed by atoms with E-state index >= 15 is 0 Å². The van der Waals surface area contributed by atoms with Crippen molar-refractivity contribution < 1.29 is 29.2 Å². The molecular weight excluding hydrogens is 360 g/mol. The number of ether oxygens (including phenoxy) is 4. The largest absolute Gasteiger partial charge is 0.387 e. The maximum atomic E-state index is 10.7. The van der Waals surface area contributed by atoms with Crippen LogP contribution >= 0.6 is 0 Å². The van der Waals surface area contributed by atoms with Gasteiger partial charge in [-0.2, -0.15) is 0 Å². The molecule has 0 radical (unpaired) electrons. The third kappa shape index (κ3) is 5.85. The molecule has 0 aliphatic heterocycles. The molecule has 1 aromatic rings. The Balaban J connectivity index is 2.27. The monoisotopic (exact) mass is 390 g/mol. The molecular formula is C22H30O6. The van der Waals surface area contributed by atoms with Gasteiger partial charge in [-0.3, -0.25) is 0 Å². The van der Waals surface area contributed by atoms with E-state index in [4.69, 9.17) is 18.9 Å². The molecule has 28 heavy (non-hydrogen) atoms. The van der Waals surface area contributed by atoms with Crippen LogP contribution in [0.5, 0.6) is 0 Å². The number of rotatable bonds is 12. The fourth-order valence-corrected chi connectivity index (χ4v) is 3.22. The lowest BCUT2D eigenvalue weighted by molar-refractivity contribution is -0.262. The van der Waals surface area contributed by atoms with Crippen molar-refractivity contribution in [2.75, 3.05) is 19.8 Å². The predicted octanol–water partition coefficient (Wildman–Crippen LogP) is 2.02. The van der Waals surface area contributed by atoms with E-state index in [9.17, 15) is 10.2 Å². The zero-order valence-corrected chi connectivity index (χ0v) is 16.1. The van der Waals surface area contributed by atoms with Crippen LogP contribution in [0.3, 0.4) is 0 Å². The van der Waals surface area contributed by atoms with Gasteiger partial charge in [0, 0.05) is 0 Å². The van der Waals surface area contributed by atoms with Crippen molar-refractivity contribution in [2.45, 2.75) is 43.2 Å². The molecule has 0 amide bonds. The smallest absolute Gasteiger partial charge is 0.116 e. The van der Waals surface area contributed by atoms with Crippen molar-refractivity contribution in [3.8, 4) is 0 Å². The van der Waals surface area contributed by atoms with Gasteiger partial charge in [0.2, 0.25) is 0 Å². The van der Waals surface area contributed by atoms with Crippen molar-refractivity contribution in [3.05, 3.63) is 73.9 Å². The summed E-state index contributed by atoms with van der Waals surface area (Å²) in [6.07, 6.45) is -0.622. The summed E-state index contributed by atoms with van der Waals surface area (Å²) in [5.74, 6) is 0. The zero-order chi connectivity index (χ0) is 20.4. The Hall–Kier alpha value is -1.80. The quantitative estimate of drug-likeness (QED) is 0.532. The van der Waals surface area contributed by atoms with Crippen LogP contribution in [-0.2, 0) is 25.6 Å². The van der Waals surface area contributed by atoms with Gasteiger partial charge in [-0.05, 0) is 5.56 Å². The van der Waals surface area contributed by atoms with Gasteiger partial charge in [0.25, 0.3) is 0 Å². The summed E-state index contributed by atoms with van der Waals surface area (Å²) in [5, 5.41) is 21.3. The Bertz CT molecular complexity index is 604. The average Bonchev–Trinajstić information content (AvgIpc) is 2.72. The Morgan fingerprint density at radius 3 is 1.57 bits per heavy atom. The van der Waals surface area contributed by atoms with E-state index in [0.717, 1.165) is 5.56 Å². The molecule has 6 atom stereocenters. The minimum atomic E-state index is -1.21. The van der Waals surface area contributed by atoms with Crippen LogP contribution in [0.4, 0.5) is 0 Å². The molecule has 0 aromatic heterocycles. The molecule has 154 valence electrons. The highest BCUT2D eigenvalue weighted by Crippen LogP contribution is 2.31. The van der Waals surface area contributed by atoms with E-state index in [1.54, 1.807) is 18.2 Å². The first-order valence-electron chi connectivity index (χ1n) is 9.33. The molecule has 1 saturated carbocycles. The number of hydrogen-bond acceptors (Lipinski definition) is 6. The van der Waals surface area contributed by atoms with Crippen molar-refractivity contribution in [2.24, 2.45) is 0 Å². The van der Waals surface area contributed by atoms with Gasteiger partial charge in [0.1, 0.15) is 36.6 Å². The molecule has 0 unspecified atom stereocenters. The summed E-state index contributed by atoms with van der Waals surface area (Å²) >= 11 is 0. The number of benzene rings is 1. The van der Waals surface area contributed by atoms with Crippen LogP contribution < -0.4 is 0 Å². The Kier molecular flexibility index (Phi) is 9.57. The molecule has 2 N–H and O–H groups in total. The Labute approximate surface area is 166 Å². The van der Waals surface area contributed by atoms with Gasteiger partial charge < -0.3 is 29.2 Å². The lowest BCUT2D eigenvalue weighted by Gasteiger charge is -2.46. The molecule has 1 fully saturated rings. The van der Waals surface area contributed by atoms with Crippen molar-refractivity contribution in [1.82, 2.24) is 0 Å². The van der Waals surface area contributed by atoms with Gasteiger partial charge in [-0.1, -0.05) is 48.6 Å². The molecule has 0 heterocycles. The van der Waals surface area contributed by atoms with Gasteiger partial charge in [0.15, 0.2) is 0 Å². The third-order valence-electron chi connectivity index (χ3n) is 4.50. The van der Waals surface area contributed by atoms with E-state index in [2.05, 4.69) is 19.7 Å². The van der Waals surface area contributed by atoms with E-state index in [1.165, 1.54) is 0 Å². The van der Waals surface area contributed by atoms with E-state index in [1.807, 2.05) is 30.3 Å². The second-order valence-electron chi connectivity index (χ2n) is 6.50. The summed E-state index contributed by atoms with van der Waals surface area (Å²) < 4.78 is 23.5. The predicted molar refractivity (Wildman–Crippen MR) is 107 cm³/mol. The maximum Gasteiger partial charge on any atom is 0.116 e. The molecule has 0 bridgehead atoms. The van der Waals surface area contributed by atoms with Crippen LogP contribution in [0.2, 0.25) is 0 Å². The van der Waals surface area contributed by atoms with Crippen LogP contribution in [0.15, 0.2) is 68.3 Å². The molecule has 0 saturated heterocycles. The van der Waals surface area contributed by atoms with E-state index in [0.29, 0.717) is 6.61 Å². The van der Waals surface area contributed by atoms with Crippen LogP contribution in [-0.4, -0.2) is 66.7 Å². The van der Waals surface area contributed by atoms with Crippen molar-refractivity contribution in [1.29, 1.82) is 0 Å². The molecule has 1 aliphatic carbocycles. The zero-order valence-electron chi connectivity index (χ0n) is 16.1. The second-order valence-corrected chi connectivity index (χ2v) is 6.50. The van der Waals surface area contributed by atoms with Gasteiger partial charge in [-0.25, -0.2) is 0 Å². The summed E-state index contributed by atoms with van der Waals surface area (Å²) in [6.45, 7) is 11.9. The summed E-state index contributed by atoms with van der Waals surface area (Å²) in [6, 6.07) is 9.66. The number of aliphatic hydroxyl groups is 2. The normalized spacial score (nSPS) is 29.9. The molecule has 6 nitrogen and oxygen atoms in total. The first kappa shape index (κ1) is 22.5. The lowest BCUT2D eigenvalue weighted by atomic mass is 9.84. The Morgan fingerprint density at radius 1 is 0.679 bits per heavy atom. The fraction of sp³-hybridized carbons (Fsp3) is 0.455. The Morgan fingerprint density at radius 2 is 1.11 bits per heavy atom. The highest BCUT2D eigenvalue weighted by Gasteiger charge is 2.52. The van der Waals surface area contributed by atoms with Crippen LogP contribution in [0.1, 0.15) is 5.56 Å². The lowest BCUT2D eigenvalue weighted by Crippen LogP contribution is -2.66. The van der Waals surface area contributed by atoms with Gasteiger partial charge >= 0.3 is 0 Å². The minimum absolute atomic E-state index is 0.200. The third-order valence-corrected chi connectivity index (χ3v) is 4.50. The number of hydrogen-bond donors (Lipinski definition) is 2. The minimum Gasteiger partial charge on any atom is -0.387 e. The van der Waals surface area contributed by atoms with Crippen molar-refractivity contribution in [3.63, 3.8) is 0 Å². The first-order valence-corrected chi connectivity index (χ1v) is 9.33. The average molecular weight is 390 g/mol. The highest BCUT2D eigenvalue weighted by atomic mass is 16.6. The summed E-state index contributed by atoms with van der Waals surface area (Å²) in [5.41, 5.74) is 0.969. The second kappa shape index (κ2) is 11.9. The maximum absolute atomic E-state index is 10.7. The van der Waals surface area contributed by atoms with Gasteiger partial charge in [0.05, 0.1) is 26.4 Å². The van der Waals surface area contributed by atoms with Gasteiger partial charge in [-0.15, -0.1) is 19.7 Å². The SMILES string of the molecule is C=CCO[C@H]1[C@H](OCc2ccccc2)[C@@H](OCC=C)[C@@H](O)[C@@H](O)[C@@H]1OCC=C. The van der Waals surface area contributed by atoms with E-state index < -0.39 is 36.6 Å². The molecule has 6 heteroatoms. The standard InChI is InChI=1S/C22H30O6/c1-4-12-25-19-17(23)18(24)20(26-13-5-2)22(21(19)27-14-6-3)28-15-16-10-8-7-9-11-16/h4-11,17-24H,1-3,12-15H2/t17-,18+,19+,20+,21-,22-/m1/s1. The summed E-state index contributed by atoms with van der Waals surface area (Å²) in [4.78, 5) is 0. The molecule has 1 aromatic carbocycles. The summed E-state index contributed by atoms with van der Waals surface area (Å²) in [7, 11) is 0. The van der Waals surface area contributed by atoms with E-state index in [-0.39, 0.29) is 19.8 Å². The fourth-order valence-electron chi connectivity index (χ4n) is 3.22. The van der Waals surface area contributed by atoms with Crippen LogP contribution in [0, 0.1) is 0 Å². The molecule has 0 spiro atoms. The molecule has 2 rings (SSSR count).